The minimum absolute atomic E-state index is 0.193. The van der Waals surface area contributed by atoms with Gasteiger partial charge in [0.25, 0.3) is 0 Å². The molecule has 0 amide bonds. The zero-order valence-electron chi connectivity index (χ0n) is 13.6. The Kier molecular flexibility index (Phi) is 5.73. The smallest absolute Gasteiger partial charge is 0.342 e. The molecule has 7 nitrogen and oxygen atoms in total. The Bertz CT molecular complexity index is 797. The highest BCUT2D eigenvalue weighted by Crippen LogP contribution is 2.28. The molecule has 0 aliphatic carbocycles. The Morgan fingerprint density at radius 2 is 1.52 bits per heavy atom. The van der Waals surface area contributed by atoms with Crippen molar-refractivity contribution in [3.05, 3.63) is 64.7 Å². The normalized spacial score (nSPS) is 10.0. The van der Waals surface area contributed by atoms with Gasteiger partial charge in [0, 0.05) is 5.56 Å². The molecule has 0 radical (unpaired) electrons. The average molecular weight is 344 g/mol. The van der Waals surface area contributed by atoms with Crippen molar-refractivity contribution in [2.75, 3.05) is 14.2 Å². The fourth-order valence-corrected chi connectivity index (χ4v) is 2.16. The number of hydrogen-bond acceptors (Lipinski definition) is 7. The summed E-state index contributed by atoms with van der Waals surface area (Å²) in [6.07, 6.45) is 0. The van der Waals surface area contributed by atoms with Crippen molar-refractivity contribution in [2.24, 2.45) is 0 Å². The predicted molar refractivity (Wildman–Crippen MR) is 86.3 cm³/mol. The maximum absolute atomic E-state index is 12.0. The van der Waals surface area contributed by atoms with Crippen LogP contribution in [0.25, 0.3) is 0 Å². The second-order valence-corrected chi connectivity index (χ2v) is 4.92. The van der Waals surface area contributed by atoms with Gasteiger partial charge in [0.1, 0.15) is 23.5 Å². The summed E-state index contributed by atoms with van der Waals surface area (Å²) in [5.41, 5.74) is 0.0890. The molecule has 0 aromatic heterocycles. The topological polar surface area (TPSA) is 99.1 Å². The molecule has 0 bridgehead atoms. The molecule has 2 aromatic carbocycles. The van der Waals surface area contributed by atoms with Crippen LogP contribution in [0.4, 0.5) is 0 Å². The molecule has 0 spiro atoms. The van der Waals surface area contributed by atoms with E-state index in [0.29, 0.717) is 5.56 Å². The molecule has 7 heteroatoms. The van der Waals surface area contributed by atoms with Gasteiger partial charge in [-0.25, -0.2) is 14.4 Å². The van der Waals surface area contributed by atoms with Crippen LogP contribution in [0.1, 0.15) is 36.6 Å². The number of hydrogen-bond donors (Lipinski definition) is 1. The lowest BCUT2D eigenvalue weighted by Crippen LogP contribution is -2.13. The van der Waals surface area contributed by atoms with E-state index in [2.05, 4.69) is 9.47 Å². The Morgan fingerprint density at radius 3 is 2.12 bits per heavy atom. The molecule has 0 aliphatic rings. The lowest BCUT2D eigenvalue weighted by Gasteiger charge is -2.13. The number of methoxy groups -OCH3 is 2. The van der Waals surface area contributed by atoms with Gasteiger partial charge in [-0.15, -0.1) is 0 Å². The largest absolute Gasteiger partial charge is 0.506 e. The van der Waals surface area contributed by atoms with Crippen molar-refractivity contribution < 1.29 is 33.7 Å². The number of esters is 3. The summed E-state index contributed by atoms with van der Waals surface area (Å²) >= 11 is 0. The molecule has 0 heterocycles. The van der Waals surface area contributed by atoms with E-state index >= 15 is 0 Å². The molecule has 0 saturated heterocycles. The van der Waals surface area contributed by atoms with Gasteiger partial charge in [-0.1, -0.05) is 24.3 Å². The van der Waals surface area contributed by atoms with Crippen molar-refractivity contribution in [2.45, 2.75) is 6.61 Å². The van der Waals surface area contributed by atoms with Crippen LogP contribution in [0.15, 0.2) is 42.5 Å². The number of phenolic OH excluding ortho intramolecular Hbond substituents is 1. The molecule has 25 heavy (non-hydrogen) atoms. The fraction of sp³-hybridized carbons (Fsp3) is 0.167. The second-order valence-electron chi connectivity index (χ2n) is 4.92. The predicted octanol–water partition coefficient (Wildman–Crippen LogP) is 2.32. The molecular formula is C18H16O7. The first-order valence-corrected chi connectivity index (χ1v) is 7.23. The van der Waals surface area contributed by atoms with Crippen LogP contribution in [0.2, 0.25) is 0 Å². The summed E-state index contributed by atoms with van der Waals surface area (Å²) in [6, 6.07) is 11.0. The first kappa shape index (κ1) is 18.0. The molecule has 0 saturated carbocycles. The van der Waals surface area contributed by atoms with Crippen molar-refractivity contribution in [1.82, 2.24) is 0 Å². The third kappa shape index (κ3) is 3.95. The summed E-state index contributed by atoms with van der Waals surface area (Å²) < 4.78 is 14.3. The minimum Gasteiger partial charge on any atom is -0.506 e. The van der Waals surface area contributed by atoms with Crippen molar-refractivity contribution >= 4 is 17.9 Å². The number of carbonyl (C=O) groups excluding carboxylic acids is 3. The summed E-state index contributed by atoms with van der Waals surface area (Å²) in [5, 5.41) is 10.2. The maximum Gasteiger partial charge on any atom is 0.342 e. The summed E-state index contributed by atoms with van der Waals surface area (Å²) in [7, 11) is 2.28. The third-order valence-electron chi connectivity index (χ3n) is 3.43. The van der Waals surface area contributed by atoms with Crippen LogP contribution in [0, 0.1) is 0 Å². The van der Waals surface area contributed by atoms with Crippen LogP contribution in [-0.2, 0) is 20.8 Å². The highest BCUT2D eigenvalue weighted by Gasteiger charge is 2.24. The number of carbonyl (C=O) groups is 3. The van der Waals surface area contributed by atoms with E-state index < -0.39 is 23.7 Å². The van der Waals surface area contributed by atoms with E-state index in [4.69, 9.17) is 4.74 Å². The van der Waals surface area contributed by atoms with E-state index in [-0.39, 0.29) is 23.3 Å². The average Bonchev–Trinajstić information content (AvgIpc) is 2.65. The second kappa shape index (κ2) is 7.96. The Hall–Kier alpha value is -3.35. The minimum atomic E-state index is -0.867. The monoisotopic (exact) mass is 344 g/mol. The van der Waals surface area contributed by atoms with Gasteiger partial charge < -0.3 is 19.3 Å². The number of benzene rings is 2. The van der Waals surface area contributed by atoms with E-state index in [1.165, 1.54) is 12.1 Å². The molecule has 130 valence electrons. The lowest BCUT2D eigenvalue weighted by molar-refractivity contribution is 0.0458. The van der Waals surface area contributed by atoms with Gasteiger partial charge in [-0.2, -0.15) is 0 Å². The Balaban J connectivity index is 2.31. The quantitative estimate of drug-likeness (QED) is 0.656. The van der Waals surface area contributed by atoms with Crippen LogP contribution in [0.5, 0.6) is 5.75 Å². The Labute approximate surface area is 143 Å². The molecule has 0 aliphatic heterocycles. The zero-order chi connectivity index (χ0) is 18.4. The van der Waals surface area contributed by atoms with Crippen LogP contribution in [0.3, 0.4) is 0 Å². The van der Waals surface area contributed by atoms with Crippen LogP contribution >= 0.6 is 0 Å². The van der Waals surface area contributed by atoms with Gasteiger partial charge in [0.05, 0.1) is 19.8 Å². The van der Waals surface area contributed by atoms with Crippen molar-refractivity contribution in [3.63, 3.8) is 0 Å². The molecule has 0 atom stereocenters. The van der Waals surface area contributed by atoms with Gasteiger partial charge >= 0.3 is 17.9 Å². The number of ether oxygens (including phenoxy) is 3. The lowest BCUT2D eigenvalue weighted by atomic mass is 10.0. The summed E-state index contributed by atoms with van der Waals surface area (Å²) in [6.45, 7) is -0.285. The van der Waals surface area contributed by atoms with Crippen molar-refractivity contribution in [3.8, 4) is 5.75 Å². The number of rotatable bonds is 5. The molecular weight excluding hydrogens is 328 g/mol. The Morgan fingerprint density at radius 1 is 0.880 bits per heavy atom. The molecule has 2 rings (SSSR count). The molecule has 0 fully saturated rings. The third-order valence-corrected chi connectivity index (χ3v) is 3.43. The number of phenols is 1. The first-order chi connectivity index (χ1) is 12.0. The van der Waals surface area contributed by atoms with E-state index in [0.717, 1.165) is 14.2 Å². The standard InChI is InChI=1S/C18H16O7/c1-23-17(21)13-9-8-12(14(15(13)19)18(22)24-2)10-25-16(20)11-6-4-3-5-7-11/h3-9,19H,10H2,1-2H3. The van der Waals surface area contributed by atoms with E-state index in [1.54, 1.807) is 30.3 Å². The first-order valence-electron chi connectivity index (χ1n) is 7.23. The van der Waals surface area contributed by atoms with Gasteiger partial charge in [-0.05, 0) is 18.2 Å². The van der Waals surface area contributed by atoms with Crippen molar-refractivity contribution in [1.29, 1.82) is 0 Å². The van der Waals surface area contributed by atoms with Crippen LogP contribution in [-0.4, -0.2) is 37.2 Å². The summed E-state index contributed by atoms with van der Waals surface area (Å²) in [5.74, 6) is -2.86. The number of aromatic hydroxyl groups is 1. The van der Waals surface area contributed by atoms with Gasteiger partial charge in [0.15, 0.2) is 0 Å². The van der Waals surface area contributed by atoms with Crippen LogP contribution < -0.4 is 0 Å². The maximum atomic E-state index is 12.0. The highest BCUT2D eigenvalue weighted by atomic mass is 16.5. The molecule has 0 unspecified atom stereocenters. The zero-order valence-corrected chi connectivity index (χ0v) is 13.6. The van der Waals surface area contributed by atoms with Gasteiger partial charge in [-0.3, -0.25) is 0 Å². The van der Waals surface area contributed by atoms with E-state index in [9.17, 15) is 19.5 Å². The molecule has 2 aromatic rings. The fourth-order valence-electron chi connectivity index (χ4n) is 2.16. The van der Waals surface area contributed by atoms with Gasteiger partial charge in [0.2, 0.25) is 0 Å². The highest BCUT2D eigenvalue weighted by molar-refractivity contribution is 6.01. The van der Waals surface area contributed by atoms with E-state index in [1.807, 2.05) is 0 Å². The molecule has 1 N–H and O–H groups in total. The summed E-state index contributed by atoms with van der Waals surface area (Å²) in [4.78, 5) is 35.6. The SMILES string of the molecule is COC(=O)c1ccc(COC(=O)c2ccccc2)c(C(=O)OC)c1O.